The van der Waals surface area contributed by atoms with Crippen LogP contribution in [-0.4, -0.2) is 5.97 Å². The van der Waals surface area contributed by atoms with E-state index in [0.29, 0.717) is 11.8 Å². The van der Waals surface area contributed by atoms with Crippen LogP contribution in [0, 0.1) is 35.4 Å². The van der Waals surface area contributed by atoms with Crippen molar-refractivity contribution >= 4 is 5.97 Å². The van der Waals surface area contributed by atoms with Gasteiger partial charge in [0, 0.05) is 0 Å². The molecule has 0 aliphatic heterocycles. The van der Waals surface area contributed by atoms with Crippen molar-refractivity contribution in [3.8, 4) is 5.75 Å². The molecule has 1 aromatic carbocycles. The fourth-order valence-corrected chi connectivity index (χ4v) is 6.53. The minimum Gasteiger partial charge on any atom is -0.423 e. The zero-order chi connectivity index (χ0) is 21.8. The molecule has 172 valence electrons. The second kappa shape index (κ2) is 10.5. The van der Waals surface area contributed by atoms with Crippen LogP contribution < -0.4 is 4.74 Å². The standard InChI is InChI=1S/C28H41FO2/c1-3-20-6-10-21(11-7-20)22-12-14-23(15-13-22)25-16-17-27(26(29)18-25)31-28(30)24-8-4-19(2)5-9-24/h16-24H,3-15H2,1-2H3. The average molecular weight is 429 g/mol. The summed E-state index contributed by atoms with van der Waals surface area (Å²) in [6.07, 6.45) is 15.8. The van der Waals surface area contributed by atoms with Crippen molar-refractivity contribution in [2.75, 3.05) is 0 Å². The molecule has 0 N–H and O–H groups in total. The van der Waals surface area contributed by atoms with Gasteiger partial charge in [0.1, 0.15) is 0 Å². The normalized spacial score (nSPS) is 34.3. The van der Waals surface area contributed by atoms with E-state index in [1.807, 2.05) is 6.07 Å². The molecule has 0 amide bonds. The number of carbonyl (C=O) groups is 1. The smallest absolute Gasteiger partial charge is 0.314 e. The highest BCUT2D eigenvalue weighted by Crippen LogP contribution is 2.44. The molecule has 4 rings (SSSR count). The first-order valence-electron chi connectivity index (χ1n) is 13.0. The van der Waals surface area contributed by atoms with Crippen LogP contribution in [0.2, 0.25) is 0 Å². The third-order valence-corrected chi connectivity index (χ3v) is 8.89. The van der Waals surface area contributed by atoms with E-state index in [1.165, 1.54) is 44.9 Å². The lowest BCUT2D eigenvalue weighted by Gasteiger charge is -2.38. The van der Waals surface area contributed by atoms with Gasteiger partial charge in [-0.25, -0.2) is 4.39 Å². The maximum Gasteiger partial charge on any atom is 0.314 e. The van der Waals surface area contributed by atoms with Gasteiger partial charge in [0.2, 0.25) is 0 Å². The Hall–Kier alpha value is -1.38. The lowest BCUT2D eigenvalue weighted by molar-refractivity contribution is -0.140. The summed E-state index contributed by atoms with van der Waals surface area (Å²) < 4.78 is 20.2. The van der Waals surface area contributed by atoms with Crippen molar-refractivity contribution in [3.05, 3.63) is 29.6 Å². The van der Waals surface area contributed by atoms with Crippen LogP contribution in [-0.2, 0) is 4.79 Å². The lowest BCUT2D eigenvalue weighted by atomic mass is 9.68. The zero-order valence-corrected chi connectivity index (χ0v) is 19.6. The van der Waals surface area contributed by atoms with Gasteiger partial charge in [-0.1, -0.05) is 39.2 Å². The van der Waals surface area contributed by atoms with Crippen LogP contribution in [0.1, 0.15) is 109 Å². The summed E-state index contributed by atoms with van der Waals surface area (Å²) in [5, 5.41) is 0. The molecule has 3 aliphatic carbocycles. The van der Waals surface area contributed by atoms with E-state index in [9.17, 15) is 9.18 Å². The minimum atomic E-state index is -0.380. The van der Waals surface area contributed by atoms with Gasteiger partial charge < -0.3 is 4.74 Å². The molecular weight excluding hydrogens is 387 g/mol. The maximum atomic E-state index is 14.8. The van der Waals surface area contributed by atoms with Crippen molar-refractivity contribution in [3.63, 3.8) is 0 Å². The number of ether oxygens (including phenoxy) is 1. The third kappa shape index (κ3) is 5.71. The minimum absolute atomic E-state index is 0.0713. The van der Waals surface area contributed by atoms with Crippen molar-refractivity contribution in [1.82, 2.24) is 0 Å². The van der Waals surface area contributed by atoms with E-state index < -0.39 is 0 Å². The van der Waals surface area contributed by atoms with E-state index in [4.69, 9.17) is 4.74 Å². The van der Waals surface area contributed by atoms with Crippen LogP contribution in [0.5, 0.6) is 5.75 Å². The summed E-state index contributed by atoms with van der Waals surface area (Å²) in [6.45, 7) is 4.56. The Kier molecular flexibility index (Phi) is 7.72. The number of carbonyl (C=O) groups excluding carboxylic acids is 1. The number of hydrogen-bond acceptors (Lipinski definition) is 2. The van der Waals surface area contributed by atoms with E-state index in [1.54, 1.807) is 12.1 Å². The van der Waals surface area contributed by atoms with E-state index >= 15 is 0 Å². The summed E-state index contributed by atoms with van der Waals surface area (Å²) in [4.78, 5) is 12.5. The molecule has 0 radical (unpaired) electrons. The van der Waals surface area contributed by atoms with Crippen molar-refractivity contribution in [1.29, 1.82) is 0 Å². The Morgan fingerprint density at radius 3 is 2.10 bits per heavy atom. The number of esters is 1. The highest BCUT2D eigenvalue weighted by Gasteiger charge is 2.31. The van der Waals surface area contributed by atoms with Crippen molar-refractivity contribution in [2.45, 2.75) is 103 Å². The fourth-order valence-electron chi connectivity index (χ4n) is 6.53. The Balaban J connectivity index is 1.28. The molecule has 0 atom stereocenters. The molecular formula is C28H41FO2. The molecule has 0 heterocycles. The van der Waals surface area contributed by atoms with Gasteiger partial charge in [-0.2, -0.15) is 0 Å². The lowest BCUT2D eigenvalue weighted by Crippen LogP contribution is -2.25. The van der Waals surface area contributed by atoms with Gasteiger partial charge in [-0.15, -0.1) is 0 Å². The summed E-state index contributed by atoms with van der Waals surface area (Å²) in [6, 6.07) is 5.31. The summed E-state index contributed by atoms with van der Waals surface area (Å²) >= 11 is 0. The van der Waals surface area contributed by atoms with Crippen LogP contribution in [0.3, 0.4) is 0 Å². The van der Waals surface area contributed by atoms with Crippen LogP contribution in [0.4, 0.5) is 4.39 Å². The first kappa shape index (κ1) is 22.8. The molecule has 3 heteroatoms. The highest BCUT2D eigenvalue weighted by molar-refractivity contribution is 5.75. The second-order valence-electron chi connectivity index (χ2n) is 10.9. The van der Waals surface area contributed by atoms with Crippen LogP contribution in [0.15, 0.2) is 18.2 Å². The molecule has 1 aromatic rings. The Labute approximate surface area is 188 Å². The number of halogens is 1. The monoisotopic (exact) mass is 428 g/mol. The Morgan fingerprint density at radius 1 is 0.903 bits per heavy atom. The molecule has 0 bridgehead atoms. The molecule has 0 spiro atoms. The van der Waals surface area contributed by atoms with Crippen molar-refractivity contribution < 1.29 is 13.9 Å². The van der Waals surface area contributed by atoms with E-state index in [2.05, 4.69) is 13.8 Å². The SMILES string of the molecule is CCC1CCC(C2CCC(c3ccc(OC(=O)C4CCC(C)CC4)c(F)c3)CC2)CC1. The highest BCUT2D eigenvalue weighted by atomic mass is 19.1. The molecule has 0 unspecified atom stereocenters. The predicted molar refractivity (Wildman–Crippen MR) is 124 cm³/mol. The molecule has 2 nitrogen and oxygen atoms in total. The molecule has 0 aromatic heterocycles. The summed E-state index contributed by atoms with van der Waals surface area (Å²) in [5.74, 6) is 3.29. The van der Waals surface area contributed by atoms with Gasteiger partial charge in [0.15, 0.2) is 11.6 Å². The molecule has 3 fully saturated rings. The molecule has 0 saturated heterocycles. The van der Waals surface area contributed by atoms with E-state index in [-0.39, 0.29) is 23.5 Å². The topological polar surface area (TPSA) is 26.3 Å². The van der Waals surface area contributed by atoms with Gasteiger partial charge >= 0.3 is 5.97 Å². The fraction of sp³-hybridized carbons (Fsp3) is 0.750. The number of rotatable bonds is 5. The van der Waals surface area contributed by atoms with Gasteiger partial charge in [0.05, 0.1) is 5.92 Å². The summed E-state index contributed by atoms with van der Waals surface area (Å²) in [7, 11) is 0. The summed E-state index contributed by atoms with van der Waals surface area (Å²) in [5.41, 5.74) is 1.08. The second-order valence-corrected chi connectivity index (χ2v) is 10.9. The molecule has 31 heavy (non-hydrogen) atoms. The zero-order valence-electron chi connectivity index (χ0n) is 19.6. The predicted octanol–water partition coefficient (Wildman–Crippen LogP) is 8.05. The van der Waals surface area contributed by atoms with E-state index in [0.717, 1.165) is 61.8 Å². The third-order valence-electron chi connectivity index (χ3n) is 8.89. The van der Waals surface area contributed by atoms with Crippen molar-refractivity contribution in [2.24, 2.45) is 29.6 Å². The molecule has 3 aliphatic rings. The first-order chi connectivity index (χ1) is 15.0. The van der Waals surface area contributed by atoms with Gasteiger partial charge in [0.25, 0.3) is 0 Å². The number of benzene rings is 1. The maximum absolute atomic E-state index is 14.8. The molecule has 3 saturated carbocycles. The quantitative estimate of drug-likeness (QED) is 0.350. The Bertz CT molecular complexity index is 721. The Morgan fingerprint density at radius 2 is 1.52 bits per heavy atom. The van der Waals surface area contributed by atoms with Crippen LogP contribution >= 0.6 is 0 Å². The van der Waals surface area contributed by atoms with Gasteiger partial charge in [-0.05, 0) is 111 Å². The van der Waals surface area contributed by atoms with Gasteiger partial charge in [-0.3, -0.25) is 4.79 Å². The largest absolute Gasteiger partial charge is 0.423 e. The van der Waals surface area contributed by atoms with Crippen LogP contribution in [0.25, 0.3) is 0 Å². The number of hydrogen-bond donors (Lipinski definition) is 0. The first-order valence-corrected chi connectivity index (χ1v) is 13.0. The average Bonchev–Trinajstić information content (AvgIpc) is 2.81.